The first-order valence-corrected chi connectivity index (χ1v) is 8.96. The summed E-state index contributed by atoms with van der Waals surface area (Å²) in [6.45, 7) is 4.35. The van der Waals surface area contributed by atoms with Gasteiger partial charge in [0.2, 0.25) is 0 Å². The van der Waals surface area contributed by atoms with Gasteiger partial charge in [-0.1, -0.05) is 0 Å². The molecule has 1 aromatic carbocycles. The van der Waals surface area contributed by atoms with E-state index in [0.717, 1.165) is 49.6 Å². The summed E-state index contributed by atoms with van der Waals surface area (Å²) in [6.07, 6.45) is 2.56. The van der Waals surface area contributed by atoms with Crippen LogP contribution in [-0.2, 0) is 6.54 Å². The molecule has 1 fully saturated rings. The summed E-state index contributed by atoms with van der Waals surface area (Å²) in [4.78, 5) is 17.8. The van der Waals surface area contributed by atoms with E-state index in [1.807, 2.05) is 0 Å². The summed E-state index contributed by atoms with van der Waals surface area (Å²) in [7, 11) is 0. The fourth-order valence-electron chi connectivity index (χ4n) is 3.45. The van der Waals surface area contributed by atoms with Crippen molar-refractivity contribution in [2.45, 2.75) is 13.0 Å². The molecule has 0 unspecified atom stereocenters. The van der Waals surface area contributed by atoms with E-state index in [4.69, 9.17) is 0 Å². The third-order valence-electron chi connectivity index (χ3n) is 4.84. The van der Waals surface area contributed by atoms with Gasteiger partial charge in [-0.15, -0.1) is 0 Å². The van der Waals surface area contributed by atoms with Crippen LogP contribution in [-0.4, -0.2) is 45.4 Å². The van der Waals surface area contributed by atoms with Crippen molar-refractivity contribution in [3.8, 4) is 11.3 Å². The second kappa shape index (κ2) is 7.42. The molecule has 8 heteroatoms. The minimum absolute atomic E-state index is 0.0179. The number of fused-ring (bicyclic) bond motifs is 1. The molecule has 0 spiro atoms. The lowest BCUT2D eigenvalue weighted by Gasteiger charge is -2.20. The van der Waals surface area contributed by atoms with Gasteiger partial charge in [0.05, 0.1) is 22.5 Å². The van der Waals surface area contributed by atoms with Crippen molar-refractivity contribution >= 4 is 11.3 Å². The fourth-order valence-corrected chi connectivity index (χ4v) is 3.45. The molecule has 1 N–H and O–H groups in total. The fraction of sp³-hybridized carbons (Fsp3) is 0.316. The second-order valence-electron chi connectivity index (χ2n) is 6.67. The predicted octanol–water partition coefficient (Wildman–Crippen LogP) is 2.84. The number of halogens is 1. The lowest BCUT2D eigenvalue weighted by Crippen LogP contribution is -2.28. The van der Waals surface area contributed by atoms with Crippen LogP contribution in [0, 0.1) is 15.9 Å². The van der Waals surface area contributed by atoms with Gasteiger partial charge in [0.15, 0.2) is 0 Å². The van der Waals surface area contributed by atoms with Gasteiger partial charge < -0.3 is 5.32 Å². The lowest BCUT2D eigenvalue weighted by atomic mass is 10.1. The molecule has 2 aromatic heterocycles. The van der Waals surface area contributed by atoms with Crippen molar-refractivity contribution in [3.63, 3.8) is 0 Å². The summed E-state index contributed by atoms with van der Waals surface area (Å²) in [5, 5.41) is 14.6. The molecule has 27 heavy (non-hydrogen) atoms. The molecule has 0 radical (unpaired) electrons. The van der Waals surface area contributed by atoms with Gasteiger partial charge in [0, 0.05) is 31.3 Å². The van der Waals surface area contributed by atoms with E-state index in [0.29, 0.717) is 12.2 Å². The van der Waals surface area contributed by atoms with Crippen LogP contribution in [0.1, 0.15) is 12.1 Å². The topological polar surface area (TPSA) is 75.7 Å². The highest BCUT2D eigenvalue weighted by molar-refractivity contribution is 5.67. The molecule has 7 nitrogen and oxygen atoms in total. The number of aromatic nitrogens is 2. The number of benzene rings is 1. The molecular formula is C19H20FN5O2. The molecule has 3 aromatic rings. The Hall–Kier alpha value is -2.84. The predicted molar refractivity (Wildman–Crippen MR) is 100 cm³/mol. The number of hydrogen-bond acceptors (Lipinski definition) is 5. The van der Waals surface area contributed by atoms with Gasteiger partial charge in [0.25, 0.3) is 5.69 Å². The summed E-state index contributed by atoms with van der Waals surface area (Å²) >= 11 is 0. The maximum Gasteiger partial charge on any atom is 0.286 e. The minimum atomic E-state index is -0.406. The van der Waals surface area contributed by atoms with Crippen LogP contribution in [0.15, 0.2) is 42.6 Å². The Morgan fingerprint density at radius 2 is 1.96 bits per heavy atom. The number of pyridine rings is 1. The monoisotopic (exact) mass is 369 g/mol. The quantitative estimate of drug-likeness (QED) is 0.565. The van der Waals surface area contributed by atoms with Crippen molar-refractivity contribution < 1.29 is 9.31 Å². The van der Waals surface area contributed by atoms with Crippen LogP contribution < -0.4 is 5.32 Å². The summed E-state index contributed by atoms with van der Waals surface area (Å²) in [5.41, 5.74) is 3.06. The normalized spacial score (nSPS) is 15.7. The summed E-state index contributed by atoms with van der Waals surface area (Å²) < 4.78 is 15.1. The minimum Gasteiger partial charge on any atom is -0.315 e. The highest BCUT2D eigenvalue weighted by Gasteiger charge is 2.20. The maximum absolute atomic E-state index is 13.4. The zero-order valence-electron chi connectivity index (χ0n) is 14.8. The van der Waals surface area contributed by atoms with Crippen molar-refractivity contribution in [1.29, 1.82) is 0 Å². The van der Waals surface area contributed by atoms with Crippen molar-refractivity contribution in [2.24, 2.45) is 0 Å². The Balaban J connectivity index is 1.82. The molecule has 4 rings (SSSR count). The molecule has 0 atom stereocenters. The SMILES string of the molecule is O=[N+]([O-])c1ccc2nc(-c3ccc(F)cc3)c(CN3CCCNCC3)n2c1. The molecule has 140 valence electrons. The largest absolute Gasteiger partial charge is 0.315 e. The molecule has 0 aliphatic carbocycles. The van der Waals surface area contributed by atoms with Crippen LogP contribution in [0.3, 0.4) is 0 Å². The highest BCUT2D eigenvalue weighted by Crippen LogP contribution is 2.27. The molecule has 0 bridgehead atoms. The maximum atomic E-state index is 13.4. The number of rotatable bonds is 4. The number of nitrogens with zero attached hydrogens (tertiary/aromatic N) is 4. The Labute approximate surface area is 155 Å². The van der Waals surface area contributed by atoms with E-state index in [9.17, 15) is 14.5 Å². The van der Waals surface area contributed by atoms with Gasteiger partial charge in [0.1, 0.15) is 11.5 Å². The first kappa shape index (κ1) is 17.6. The van der Waals surface area contributed by atoms with Gasteiger partial charge in [-0.25, -0.2) is 9.37 Å². The number of nitro groups is 1. The van der Waals surface area contributed by atoms with Crippen molar-refractivity contribution in [1.82, 2.24) is 19.6 Å². The van der Waals surface area contributed by atoms with Crippen LogP contribution in [0.5, 0.6) is 0 Å². The number of nitrogens with one attached hydrogen (secondary N) is 1. The lowest BCUT2D eigenvalue weighted by molar-refractivity contribution is -0.385. The zero-order valence-corrected chi connectivity index (χ0v) is 14.8. The first-order chi connectivity index (χ1) is 13.1. The Kier molecular flexibility index (Phi) is 4.83. The zero-order chi connectivity index (χ0) is 18.8. The van der Waals surface area contributed by atoms with E-state index in [1.165, 1.54) is 24.4 Å². The summed E-state index contributed by atoms with van der Waals surface area (Å²) in [6, 6.07) is 9.30. The van der Waals surface area contributed by atoms with Crippen molar-refractivity contribution in [2.75, 3.05) is 26.2 Å². The molecule has 1 saturated heterocycles. The smallest absolute Gasteiger partial charge is 0.286 e. The van der Waals surface area contributed by atoms with E-state index in [-0.39, 0.29) is 11.5 Å². The Morgan fingerprint density at radius 1 is 1.15 bits per heavy atom. The van der Waals surface area contributed by atoms with E-state index in [2.05, 4.69) is 15.2 Å². The third-order valence-corrected chi connectivity index (χ3v) is 4.84. The molecule has 0 amide bonds. The van der Waals surface area contributed by atoms with Gasteiger partial charge in [-0.2, -0.15) is 0 Å². The van der Waals surface area contributed by atoms with E-state index < -0.39 is 4.92 Å². The third kappa shape index (κ3) is 3.67. The average Bonchev–Trinajstić information content (AvgIpc) is 2.83. The van der Waals surface area contributed by atoms with Crippen LogP contribution in [0.4, 0.5) is 10.1 Å². The first-order valence-electron chi connectivity index (χ1n) is 8.96. The molecule has 1 aliphatic rings. The van der Waals surface area contributed by atoms with E-state index in [1.54, 1.807) is 22.6 Å². The molecular weight excluding hydrogens is 349 g/mol. The number of hydrogen-bond donors (Lipinski definition) is 1. The van der Waals surface area contributed by atoms with E-state index >= 15 is 0 Å². The average molecular weight is 369 g/mol. The van der Waals surface area contributed by atoms with Crippen LogP contribution in [0.25, 0.3) is 16.9 Å². The number of imidazole rings is 1. The summed E-state index contributed by atoms with van der Waals surface area (Å²) in [5.74, 6) is -0.307. The van der Waals surface area contributed by atoms with Gasteiger partial charge in [-0.05, 0) is 49.8 Å². The molecule has 0 saturated carbocycles. The van der Waals surface area contributed by atoms with Gasteiger partial charge in [-0.3, -0.25) is 19.4 Å². The highest BCUT2D eigenvalue weighted by atomic mass is 19.1. The van der Waals surface area contributed by atoms with Crippen LogP contribution in [0.2, 0.25) is 0 Å². The van der Waals surface area contributed by atoms with Crippen LogP contribution >= 0.6 is 0 Å². The Morgan fingerprint density at radius 3 is 2.74 bits per heavy atom. The standard InChI is InChI=1S/C19H20FN5O2/c20-15-4-2-14(3-5-15)19-17(13-23-10-1-8-21-9-11-23)24-12-16(25(26)27)6-7-18(24)22-19/h2-7,12,21H,1,8-11,13H2. The Bertz CT molecular complexity index is 962. The van der Waals surface area contributed by atoms with Crippen molar-refractivity contribution in [3.05, 3.63) is 64.2 Å². The molecule has 1 aliphatic heterocycles. The van der Waals surface area contributed by atoms with Gasteiger partial charge >= 0.3 is 0 Å². The second-order valence-corrected chi connectivity index (χ2v) is 6.67. The molecule has 3 heterocycles.